The highest BCUT2D eigenvalue weighted by Gasteiger charge is 2.02. The summed E-state index contributed by atoms with van der Waals surface area (Å²) in [6, 6.07) is 1.78. The molecular formula is C10H13N3OS. The van der Waals surface area contributed by atoms with Gasteiger partial charge in [0.2, 0.25) is 0 Å². The summed E-state index contributed by atoms with van der Waals surface area (Å²) in [6.07, 6.45) is 1.32. The molecule has 5 heteroatoms. The van der Waals surface area contributed by atoms with Crippen molar-refractivity contribution in [1.29, 1.82) is 5.26 Å². The predicted octanol–water partition coefficient (Wildman–Crippen LogP) is 1.53. The number of H-pyrrole nitrogens is 1. The molecule has 0 fully saturated rings. The first kappa shape index (κ1) is 11.8. The van der Waals surface area contributed by atoms with Crippen LogP contribution in [0.3, 0.4) is 0 Å². The van der Waals surface area contributed by atoms with Crippen LogP contribution in [-0.4, -0.2) is 15.7 Å². The zero-order chi connectivity index (χ0) is 11.3. The Kier molecular flexibility index (Phi) is 4.37. The summed E-state index contributed by atoms with van der Waals surface area (Å²) < 4.78 is 0. The topological polar surface area (TPSA) is 69.5 Å². The number of nitriles is 1. The van der Waals surface area contributed by atoms with Gasteiger partial charge in [0.25, 0.3) is 5.56 Å². The molecule has 80 valence electrons. The molecule has 0 aliphatic rings. The highest BCUT2D eigenvalue weighted by atomic mass is 32.2. The van der Waals surface area contributed by atoms with Crippen molar-refractivity contribution in [1.82, 2.24) is 9.97 Å². The molecule has 0 saturated carbocycles. The lowest BCUT2D eigenvalue weighted by Crippen LogP contribution is -2.13. The Bertz CT molecular complexity index is 419. The molecule has 4 nitrogen and oxygen atoms in total. The second kappa shape index (κ2) is 5.56. The van der Waals surface area contributed by atoms with E-state index in [9.17, 15) is 4.79 Å². The average Bonchev–Trinajstić information content (AvgIpc) is 2.17. The van der Waals surface area contributed by atoms with Crippen LogP contribution in [0.15, 0.2) is 11.0 Å². The van der Waals surface area contributed by atoms with Crippen LogP contribution >= 0.6 is 11.8 Å². The maximum atomic E-state index is 11.2. The van der Waals surface area contributed by atoms with Crippen molar-refractivity contribution in [2.75, 3.05) is 5.75 Å². The molecule has 0 atom stereocenters. The fraction of sp³-hybridized carbons (Fsp3) is 0.500. The SMILES string of the molecule is CC(C)CSCc1ncc(C#N)c(=O)[nH]1. The number of thioether (sulfide) groups is 1. The van der Waals surface area contributed by atoms with Crippen molar-refractivity contribution in [3.8, 4) is 6.07 Å². The van der Waals surface area contributed by atoms with E-state index in [0.717, 1.165) is 5.75 Å². The monoisotopic (exact) mass is 223 g/mol. The van der Waals surface area contributed by atoms with Gasteiger partial charge in [-0.25, -0.2) is 4.98 Å². The molecular weight excluding hydrogens is 210 g/mol. The van der Waals surface area contributed by atoms with E-state index in [4.69, 9.17) is 5.26 Å². The first-order chi connectivity index (χ1) is 7.13. The molecule has 0 unspecified atom stereocenters. The van der Waals surface area contributed by atoms with Crippen LogP contribution in [-0.2, 0) is 5.75 Å². The van der Waals surface area contributed by atoms with Gasteiger partial charge in [0, 0.05) is 0 Å². The van der Waals surface area contributed by atoms with Crippen molar-refractivity contribution in [3.05, 3.63) is 27.9 Å². The lowest BCUT2D eigenvalue weighted by molar-refractivity contribution is 0.749. The molecule has 1 rings (SSSR count). The number of rotatable bonds is 4. The van der Waals surface area contributed by atoms with Gasteiger partial charge in [0.1, 0.15) is 17.5 Å². The smallest absolute Gasteiger partial charge is 0.268 e. The largest absolute Gasteiger partial charge is 0.309 e. The van der Waals surface area contributed by atoms with Crippen molar-refractivity contribution in [3.63, 3.8) is 0 Å². The van der Waals surface area contributed by atoms with E-state index in [0.29, 0.717) is 17.5 Å². The minimum absolute atomic E-state index is 0.0626. The molecule has 15 heavy (non-hydrogen) atoms. The van der Waals surface area contributed by atoms with Crippen molar-refractivity contribution >= 4 is 11.8 Å². The fourth-order valence-corrected chi connectivity index (χ4v) is 1.91. The summed E-state index contributed by atoms with van der Waals surface area (Å²) in [4.78, 5) is 17.8. The Balaban J connectivity index is 2.61. The number of nitrogens with zero attached hydrogens (tertiary/aromatic N) is 2. The number of aromatic nitrogens is 2. The Morgan fingerprint density at radius 2 is 2.40 bits per heavy atom. The van der Waals surface area contributed by atoms with Crippen molar-refractivity contribution in [2.45, 2.75) is 19.6 Å². The van der Waals surface area contributed by atoms with Gasteiger partial charge < -0.3 is 4.98 Å². The van der Waals surface area contributed by atoms with E-state index in [1.165, 1.54) is 6.20 Å². The molecule has 0 aliphatic carbocycles. The minimum atomic E-state index is -0.354. The molecule has 0 amide bonds. The zero-order valence-corrected chi connectivity index (χ0v) is 9.60. The molecule has 1 aromatic rings. The van der Waals surface area contributed by atoms with Gasteiger partial charge in [-0.15, -0.1) is 0 Å². The fourth-order valence-electron chi connectivity index (χ4n) is 0.976. The average molecular weight is 223 g/mol. The number of nitrogens with one attached hydrogen (secondary N) is 1. The van der Waals surface area contributed by atoms with E-state index < -0.39 is 0 Å². The molecule has 1 heterocycles. The number of aromatic amines is 1. The molecule has 0 aromatic carbocycles. The van der Waals surface area contributed by atoms with Gasteiger partial charge in [0.05, 0.1) is 11.9 Å². The van der Waals surface area contributed by atoms with Crippen LogP contribution in [0.2, 0.25) is 0 Å². The van der Waals surface area contributed by atoms with Gasteiger partial charge in [-0.1, -0.05) is 13.8 Å². The Labute approximate surface area is 92.7 Å². The molecule has 1 N–H and O–H groups in total. The van der Waals surface area contributed by atoms with Crippen molar-refractivity contribution < 1.29 is 0 Å². The highest BCUT2D eigenvalue weighted by Crippen LogP contribution is 2.11. The Morgan fingerprint density at radius 3 is 2.93 bits per heavy atom. The lowest BCUT2D eigenvalue weighted by Gasteiger charge is -2.03. The summed E-state index contributed by atoms with van der Waals surface area (Å²) in [5.74, 6) is 2.97. The maximum Gasteiger partial charge on any atom is 0.268 e. The zero-order valence-electron chi connectivity index (χ0n) is 8.78. The van der Waals surface area contributed by atoms with E-state index >= 15 is 0 Å². The quantitative estimate of drug-likeness (QED) is 0.840. The standard InChI is InChI=1S/C10H13N3OS/c1-7(2)5-15-6-9-12-4-8(3-11)10(14)13-9/h4,7H,5-6H2,1-2H3,(H,12,13,14). The van der Waals surface area contributed by atoms with Crippen LogP contribution in [0.1, 0.15) is 25.2 Å². The van der Waals surface area contributed by atoms with E-state index in [1.54, 1.807) is 17.8 Å². The molecule has 0 saturated heterocycles. The molecule has 0 aliphatic heterocycles. The molecule has 0 bridgehead atoms. The van der Waals surface area contributed by atoms with Gasteiger partial charge in [0.15, 0.2) is 0 Å². The normalized spacial score (nSPS) is 10.3. The van der Waals surface area contributed by atoms with E-state index in [2.05, 4.69) is 23.8 Å². The predicted molar refractivity (Wildman–Crippen MR) is 60.6 cm³/mol. The highest BCUT2D eigenvalue weighted by molar-refractivity contribution is 7.98. The van der Waals surface area contributed by atoms with Gasteiger partial charge in [-0.05, 0) is 11.7 Å². The Hall–Kier alpha value is -1.28. The second-order valence-corrected chi connectivity index (χ2v) is 4.62. The Morgan fingerprint density at radius 1 is 1.67 bits per heavy atom. The third kappa shape index (κ3) is 3.76. The summed E-state index contributed by atoms with van der Waals surface area (Å²) in [7, 11) is 0. The van der Waals surface area contributed by atoms with Gasteiger partial charge >= 0.3 is 0 Å². The first-order valence-electron chi connectivity index (χ1n) is 4.69. The van der Waals surface area contributed by atoms with Crippen LogP contribution in [0.4, 0.5) is 0 Å². The number of hydrogen-bond acceptors (Lipinski definition) is 4. The van der Waals surface area contributed by atoms with Crippen LogP contribution in [0.5, 0.6) is 0 Å². The van der Waals surface area contributed by atoms with E-state index in [-0.39, 0.29) is 11.1 Å². The third-order valence-corrected chi connectivity index (χ3v) is 3.04. The number of hydrogen-bond donors (Lipinski definition) is 1. The van der Waals surface area contributed by atoms with Crippen LogP contribution < -0.4 is 5.56 Å². The van der Waals surface area contributed by atoms with Gasteiger partial charge in [-0.2, -0.15) is 17.0 Å². The minimum Gasteiger partial charge on any atom is -0.309 e. The lowest BCUT2D eigenvalue weighted by atomic mass is 10.3. The summed E-state index contributed by atoms with van der Waals surface area (Å²) >= 11 is 1.72. The first-order valence-corrected chi connectivity index (χ1v) is 5.85. The van der Waals surface area contributed by atoms with Crippen LogP contribution in [0, 0.1) is 17.2 Å². The van der Waals surface area contributed by atoms with Crippen molar-refractivity contribution in [2.24, 2.45) is 5.92 Å². The summed E-state index contributed by atoms with van der Waals surface area (Å²) in [5, 5.41) is 8.54. The second-order valence-electron chi connectivity index (χ2n) is 3.59. The maximum absolute atomic E-state index is 11.2. The third-order valence-electron chi connectivity index (χ3n) is 1.66. The molecule has 1 aromatic heterocycles. The summed E-state index contributed by atoms with van der Waals surface area (Å²) in [6.45, 7) is 4.28. The molecule has 0 radical (unpaired) electrons. The van der Waals surface area contributed by atoms with E-state index in [1.807, 2.05) is 0 Å². The molecule has 0 spiro atoms. The van der Waals surface area contributed by atoms with Crippen LogP contribution in [0.25, 0.3) is 0 Å². The summed E-state index contributed by atoms with van der Waals surface area (Å²) in [5.41, 5.74) is -0.291. The van der Waals surface area contributed by atoms with Gasteiger partial charge in [-0.3, -0.25) is 4.79 Å².